The Bertz CT molecular complexity index is 588. The Morgan fingerprint density at radius 3 is 2.52 bits per heavy atom. The number of carbonyl (C=O) groups excluding carboxylic acids is 2. The summed E-state index contributed by atoms with van der Waals surface area (Å²) in [6.07, 6.45) is 0. The van der Waals surface area contributed by atoms with Crippen molar-refractivity contribution in [3.8, 4) is 0 Å². The van der Waals surface area contributed by atoms with Crippen LogP contribution in [0.5, 0.6) is 0 Å². The summed E-state index contributed by atoms with van der Waals surface area (Å²) in [6, 6.07) is 3.62. The fourth-order valence-corrected chi connectivity index (χ4v) is 1.51. The normalized spacial score (nSPS) is 10.9. The van der Waals surface area contributed by atoms with Crippen LogP contribution in [0.2, 0.25) is 5.02 Å². The van der Waals surface area contributed by atoms with Crippen molar-refractivity contribution in [1.82, 2.24) is 5.32 Å². The van der Waals surface area contributed by atoms with Crippen LogP contribution in [0.15, 0.2) is 18.2 Å². The summed E-state index contributed by atoms with van der Waals surface area (Å²) < 4.78 is 0. The molecule has 0 bridgehead atoms. The second kappa shape index (κ2) is 6.51. The maximum Gasteiger partial charge on any atom is 0.313 e. The number of amides is 2. The van der Waals surface area contributed by atoms with Crippen LogP contribution in [-0.2, 0) is 9.59 Å². The number of hydrogen-bond acceptors (Lipinski definition) is 5. The average Bonchev–Trinajstić information content (AvgIpc) is 2.40. The summed E-state index contributed by atoms with van der Waals surface area (Å²) in [5, 5.41) is 24.2. The minimum absolute atomic E-state index is 0.0630. The van der Waals surface area contributed by atoms with Crippen LogP contribution in [0.4, 0.5) is 11.4 Å². The van der Waals surface area contributed by atoms with Gasteiger partial charge in [0, 0.05) is 11.8 Å². The molecule has 3 N–H and O–H groups in total. The van der Waals surface area contributed by atoms with Gasteiger partial charge >= 0.3 is 11.8 Å². The van der Waals surface area contributed by atoms with Crippen LogP contribution in [0.25, 0.3) is 0 Å². The largest absolute Gasteiger partial charge is 0.394 e. The summed E-state index contributed by atoms with van der Waals surface area (Å²) in [7, 11) is 0. The van der Waals surface area contributed by atoms with Crippen LogP contribution >= 0.6 is 11.6 Å². The zero-order valence-corrected chi connectivity index (χ0v) is 12.1. The molecular formula is C12H14ClN3O5. The SMILES string of the molecule is CC(C)(CO)NC(=O)C(=O)Nc1ccc(Cl)c([N+](=O)[O-])c1. The van der Waals surface area contributed by atoms with E-state index in [-0.39, 0.29) is 23.0 Å². The van der Waals surface area contributed by atoms with Crippen molar-refractivity contribution in [2.75, 3.05) is 11.9 Å². The van der Waals surface area contributed by atoms with Gasteiger partial charge in [-0.1, -0.05) is 11.6 Å². The Morgan fingerprint density at radius 1 is 1.38 bits per heavy atom. The van der Waals surface area contributed by atoms with Crippen LogP contribution < -0.4 is 10.6 Å². The second-order valence-electron chi connectivity index (χ2n) is 4.87. The van der Waals surface area contributed by atoms with Gasteiger partial charge in [0.1, 0.15) is 5.02 Å². The molecule has 1 aromatic carbocycles. The lowest BCUT2D eigenvalue weighted by Gasteiger charge is -2.22. The van der Waals surface area contributed by atoms with Gasteiger partial charge in [0.15, 0.2) is 0 Å². The first kappa shape index (κ1) is 16.9. The monoisotopic (exact) mass is 315 g/mol. The van der Waals surface area contributed by atoms with Crippen molar-refractivity contribution in [1.29, 1.82) is 0 Å². The van der Waals surface area contributed by atoms with E-state index in [9.17, 15) is 19.7 Å². The lowest BCUT2D eigenvalue weighted by Crippen LogP contribution is -2.50. The van der Waals surface area contributed by atoms with E-state index in [4.69, 9.17) is 16.7 Å². The Balaban J connectivity index is 2.82. The molecule has 0 unspecified atom stereocenters. The van der Waals surface area contributed by atoms with Crippen molar-refractivity contribution < 1.29 is 19.6 Å². The van der Waals surface area contributed by atoms with E-state index in [0.29, 0.717) is 0 Å². The molecule has 0 atom stereocenters. The predicted molar refractivity (Wildman–Crippen MR) is 76.0 cm³/mol. The zero-order chi connectivity index (χ0) is 16.2. The number of nitrogens with zero attached hydrogens (tertiary/aromatic N) is 1. The van der Waals surface area contributed by atoms with E-state index in [1.165, 1.54) is 26.0 Å². The number of halogens is 1. The number of nitro benzene ring substituents is 1. The average molecular weight is 316 g/mol. The molecule has 8 nitrogen and oxygen atoms in total. The number of benzene rings is 1. The Morgan fingerprint density at radius 2 is 2.00 bits per heavy atom. The van der Waals surface area contributed by atoms with Crippen LogP contribution in [0, 0.1) is 10.1 Å². The minimum Gasteiger partial charge on any atom is -0.394 e. The van der Waals surface area contributed by atoms with Gasteiger partial charge in [0.25, 0.3) is 5.69 Å². The molecule has 0 aliphatic rings. The van der Waals surface area contributed by atoms with E-state index in [2.05, 4.69) is 10.6 Å². The quantitative estimate of drug-likeness (QED) is 0.436. The van der Waals surface area contributed by atoms with E-state index in [1.54, 1.807) is 0 Å². The van der Waals surface area contributed by atoms with Crippen LogP contribution in [-0.4, -0.2) is 34.0 Å². The van der Waals surface area contributed by atoms with E-state index in [0.717, 1.165) is 6.07 Å². The maximum atomic E-state index is 11.7. The van der Waals surface area contributed by atoms with Crippen LogP contribution in [0.3, 0.4) is 0 Å². The molecule has 0 saturated heterocycles. The molecule has 21 heavy (non-hydrogen) atoms. The number of aliphatic hydroxyl groups is 1. The van der Waals surface area contributed by atoms with E-state index >= 15 is 0 Å². The molecule has 1 aromatic rings. The van der Waals surface area contributed by atoms with Crippen molar-refractivity contribution in [3.05, 3.63) is 33.3 Å². The number of anilines is 1. The van der Waals surface area contributed by atoms with E-state index in [1.807, 2.05) is 0 Å². The predicted octanol–water partition coefficient (Wildman–Crippen LogP) is 1.07. The molecule has 0 aliphatic heterocycles. The zero-order valence-electron chi connectivity index (χ0n) is 11.3. The summed E-state index contributed by atoms with van der Waals surface area (Å²) in [6.45, 7) is 2.72. The van der Waals surface area contributed by atoms with Crippen molar-refractivity contribution in [2.24, 2.45) is 0 Å². The first-order valence-electron chi connectivity index (χ1n) is 5.84. The van der Waals surface area contributed by atoms with Gasteiger partial charge in [-0.3, -0.25) is 19.7 Å². The Labute approximate surface area is 125 Å². The number of carbonyl (C=O) groups is 2. The molecule has 0 radical (unpaired) electrons. The highest BCUT2D eigenvalue weighted by Gasteiger charge is 2.24. The molecule has 0 saturated carbocycles. The lowest BCUT2D eigenvalue weighted by molar-refractivity contribution is -0.384. The number of nitro groups is 1. The molecule has 1 rings (SSSR count). The number of nitrogens with one attached hydrogen (secondary N) is 2. The Hall–Kier alpha value is -2.19. The molecule has 0 spiro atoms. The number of aliphatic hydroxyl groups excluding tert-OH is 1. The molecule has 0 aliphatic carbocycles. The van der Waals surface area contributed by atoms with Gasteiger partial charge in [-0.05, 0) is 26.0 Å². The first-order valence-corrected chi connectivity index (χ1v) is 6.22. The summed E-state index contributed by atoms with van der Waals surface area (Å²) >= 11 is 5.63. The third kappa shape index (κ3) is 4.69. The van der Waals surface area contributed by atoms with E-state index < -0.39 is 22.3 Å². The standard InChI is InChI=1S/C12H14ClN3O5/c1-12(2,6-17)15-11(19)10(18)14-7-3-4-8(13)9(5-7)16(20)21/h3-5,17H,6H2,1-2H3,(H,14,18)(H,15,19). The van der Waals surface area contributed by atoms with Crippen molar-refractivity contribution in [2.45, 2.75) is 19.4 Å². The lowest BCUT2D eigenvalue weighted by atomic mass is 10.1. The minimum atomic E-state index is -1.01. The van der Waals surface area contributed by atoms with Crippen LogP contribution in [0.1, 0.15) is 13.8 Å². The third-order valence-electron chi connectivity index (χ3n) is 2.45. The van der Waals surface area contributed by atoms with Gasteiger partial charge in [-0.15, -0.1) is 0 Å². The molecular weight excluding hydrogens is 302 g/mol. The maximum absolute atomic E-state index is 11.7. The summed E-state index contributed by atoms with van der Waals surface area (Å²) in [4.78, 5) is 33.3. The van der Waals surface area contributed by atoms with Crippen molar-refractivity contribution in [3.63, 3.8) is 0 Å². The van der Waals surface area contributed by atoms with Gasteiger partial charge in [0.05, 0.1) is 17.1 Å². The molecule has 0 aromatic heterocycles. The number of hydrogen-bond donors (Lipinski definition) is 3. The fraction of sp³-hybridized carbons (Fsp3) is 0.333. The highest BCUT2D eigenvalue weighted by molar-refractivity contribution is 6.40. The third-order valence-corrected chi connectivity index (χ3v) is 2.77. The van der Waals surface area contributed by atoms with Gasteiger partial charge < -0.3 is 15.7 Å². The second-order valence-corrected chi connectivity index (χ2v) is 5.28. The highest BCUT2D eigenvalue weighted by Crippen LogP contribution is 2.27. The number of rotatable bonds is 4. The summed E-state index contributed by atoms with van der Waals surface area (Å²) in [5.74, 6) is -1.97. The molecule has 2 amide bonds. The molecule has 0 fully saturated rings. The summed E-state index contributed by atoms with van der Waals surface area (Å²) in [5.41, 5.74) is -1.28. The molecule has 0 heterocycles. The molecule has 114 valence electrons. The van der Waals surface area contributed by atoms with Gasteiger partial charge in [-0.2, -0.15) is 0 Å². The van der Waals surface area contributed by atoms with Gasteiger partial charge in [0.2, 0.25) is 0 Å². The fourth-order valence-electron chi connectivity index (χ4n) is 1.32. The Kier molecular flexibility index (Phi) is 5.23. The smallest absolute Gasteiger partial charge is 0.313 e. The first-order chi connectivity index (χ1) is 9.66. The molecule has 9 heteroatoms. The topological polar surface area (TPSA) is 122 Å². The van der Waals surface area contributed by atoms with Crippen molar-refractivity contribution >= 4 is 34.8 Å². The van der Waals surface area contributed by atoms with Gasteiger partial charge in [-0.25, -0.2) is 0 Å². The highest BCUT2D eigenvalue weighted by atomic mass is 35.5.